The van der Waals surface area contributed by atoms with Gasteiger partial charge >= 0.3 is 0 Å². The molecular formula is C22H18N4O2S2. The number of benzene rings is 2. The molecule has 6 nitrogen and oxygen atoms in total. The third-order valence-corrected chi connectivity index (χ3v) is 6.94. The number of hydrogen-bond donors (Lipinski definition) is 2. The highest BCUT2D eigenvalue weighted by Crippen LogP contribution is 2.31. The molecule has 0 bridgehead atoms. The number of thiazole rings is 2. The van der Waals surface area contributed by atoms with Crippen molar-refractivity contribution in [1.29, 1.82) is 0 Å². The van der Waals surface area contributed by atoms with E-state index in [0.717, 1.165) is 33.9 Å². The SMILES string of the molecule is C=C(O)c1csc(N2CCc3cccc(C(=O)Nc4nc5ccccc5s4)c3C2)n1. The number of nitrogens with zero attached hydrogens (tertiary/aromatic N) is 3. The maximum absolute atomic E-state index is 13.1. The third kappa shape index (κ3) is 3.44. The van der Waals surface area contributed by atoms with Gasteiger partial charge in [-0.15, -0.1) is 11.3 Å². The van der Waals surface area contributed by atoms with E-state index in [1.807, 2.05) is 36.4 Å². The molecule has 0 radical (unpaired) electrons. The van der Waals surface area contributed by atoms with Gasteiger partial charge in [-0.2, -0.15) is 0 Å². The van der Waals surface area contributed by atoms with Gasteiger partial charge in [0, 0.05) is 24.0 Å². The quantitative estimate of drug-likeness (QED) is 0.437. The fourth-order valence-corrected chi connectivity index (χ4v) is 5.31. The summed E-state index contributed by atoms with van der Waals surface area (Å²) in [7, 11) is 0. The van der Waals surface area contributed by atoms with Crippen molar-refractivity contribution >= 4 is 54.8 Å². The van der Waals surface area contributed by atoms with Crippen LogP contribution in [0.2, 0.25) is 0 Å². The molecule has 0 saturated carbocycles. The van der Waals surface area contributed by atoms with E-state index in [2.05, 4.69) is 32.8 Å². The van der Waals surface area contributed by atoms with E-state index < -0.39 is 0 Å². The molecule has 0 atom stereocenters. The molecular weight excluding hydrogens is 416 g/mol. The monoisotopic (exact) mass is 434 g/mol. The average molecular weight is 435 g/mol. The Balaban J connectivity index is 1.41. The van der Waals surface area contributed by atoms with Crippen molar-refractivity contribution < 1.29 is 9.90 Å². The molecule has 0 spiro atoms. The Bertz CT molecular complexity index is 1240. The van der Waals surface area contributed by atoms with Crippen LogP contribution in [0.5, 0.6) is 0 Å². The summed E-state index contributed by atoms with van der Waals surface area (Å²) in [4.78, 5) is 24.2. The number of nitrogens with one attached hydrogen (secondary N) is 1. The molecule has 8 heteroatoms. The predicted molar refractivity (Wildman–Crippen MR) is 123 cm³/mol. The molecule has 0 unspecified atom stereocenters. The molecule has 0 aliphatic carbocycles. The summed E-state index contributed by atoms with van der Waals surface area (Å²) in [5.41, 5.74) is 4.19. The maximum atomic E-state index is 13.1. The van der Waals surface area contributed by atoms with Gasteiger partial charge in [-0.25, -0.2) is 9.97 Å². The van der Waals surface area contributed by atoms with Gasteiger partial charge in [0.25, 0.3) is 5.91 Å². The lowest BCUT2D eigenvalue weighted by Crippen LogP contribution is -2.32. The predicted octanol–water partition coefficient (Wildman–Crippen LogP) is 5.10. The largest absolute Gasteiger partial charge is 0.506 e. The van der Waals surface area contributed by atoms with Gasteiger partial charge in [0.2, 0.25) is 0 Å². The van der Waals surface area contributed by atoms with E-state index in [1.54, 1.807) is 5.38 Å². The molecule has 0 fully saturated rings. The van der Waals surface area contributed by atoms with E-state index in [4.69, 9.17) is 0 Å². The summed E-state index contributed by atoms with van der Waals surface area (Å²) in [5.74, 6) is -0.192. The molecule has 2 aromatic carbocycles. The fourth-order valence-electron chi connectivity index (χ4n) is 3.59. The standard InChI is InChI=1S/C22H18N4O2S2/c1-13(27)18-12-29-22(24-18)26-10-9-14-5-4-6-15(16(14)11-26)20(28)25-21-23-17-7-2-3-8-19(17)30-21/h2-8,12,27H,1,9-11H2,(H,23,25,28). The lowest BCUT2D eigenvalue weighted by atomic mass is 9.94. The summed E-state index contributed by atoms with van der Waals surface area (Å²) in [6, 6.07) is 13.7. The lowest BCUT2D eigenvalue weighted by Gasteiger charge is -2.29. The van der Waals surface area contributed by atoms with Gasteiger partial charge in [-0.05, 0) is 35.7 Å². The highest BCUT2D eigenvalue weighted by molar-refractivity contribution is 7.22. The van der Waals surface area contributed by atoms with E-state index in [1.165, 1.54) is 28.2 Å². The zero-order chi connectivity index (χ0) is 20.7. The van der Waals surface area contributed by atoms with Crippen molar-refractivity contribution in [2.75, 3.05) is 16.8 Å². The Kier molecular flexibility index (Phi) is 4.72. The van der Waals surface area contributed by atoms with Crippen molar-refractivity contribution in [3.8, 4) is 0 Å². The molecule has 5 rings (SSSR count). The third-order valence-electron chi connectivity index (χ3n) is 5.09. The Morgan fingerprint density at radius 3 is 2.83 bits per heavy atom. The van der Waals surface area contributed by atoms with Crippen LogP contribution in [-0.2, 0) is 13.0 Å². The first kappa shape index (κ1) is 18.8. The number of carbonyl (C=O) groups excluding carboxylic acids is 1. The molecule has 0 saturated heterocycles. The number of fused-ring (bicyclic) bond motifs is 2. The average Bonchev–Trinajstić information content (AvgIpc) is 3.40. The Morgan fingerprint density at radius 1 is 1.17 bits per heavy atom. The zero-order valence-corrected chi connectivity index (χ0v) is 17.6. The van der Waals surface area contributed by atoms with E-state index >= 15 is 0 Å². The minimum absolute atomic E-state index is 0.0363. The van der Waals surface area contributed by atoms with E-state index in [0.29, 0.717) is 22.9 Å². The number of amides is 1. The number of carbonyl (C=O) groups is 1. The van der Waals surface area contributed by atoms with Crippen molar-refractivity contribution in [3.05, 3.63) is 76.8 Å². The van der Waals surface area contributed by atoms with Crippen LogP contribution in [0.1, 0.15) is 27.2 Å². The molecule has 30 heavy (non-hydrogen) atoms. The molecule has 1 amide bonds. The van der Waals surface area contributed by atoms with Crippen LogP contribution in [0.3, 0.4) is 0 Å². The normalized spacial score (nSPS) is 13.3. The Labute approximate surface area is 181 Å². The summed E-state index contributed by atoms with van der Waals surface area (Å²) >= 11 is 2.93. The van der Waals surface area contributed by atoms with Gasteiger partial charge in [0.15, 0.2) is 10.3 Å². The van der Waals surface area contributed by atoms with Crippen molar-refractivity contribution in [1.82, 2.24) is 9.97 Å². The lowest BCUT2D eigenvalue weighted by molar-refractivity contribution is 0.102. The first-order valence-corrected chi connectivity index (χ1v) is 11.1. The van der Waals surface area contributed by atoms with Gasteiger partial charge in [0.05, 0.1) is 10.2 Å². The minimum atomic E-state index is -0.156. The van der Waals surface area contributed by atoms with Crippen molar-refractivity contribution in [2.24, 2.45) is 0 Å². The summed E-state index contributed by atoms with van der Waals surface area (Å²) in [6.07, 6.45) is 0.826. The number of anilines is 2. The van der Waals surface area contributed by atoms with Crippen LogP contribution in [0.25, 0.3) is 16.0 Å². The van der Waals surface area contributed by atoms with Crippen LogP contribution >= 0.6 is 22.7 Å². The first-order chi connectivity index (χ1) is 14.6. The highest BCUT2D eigenvalue weighted by Gasteiger charge is 2.24. The van der Waals surface area contributed by atoms with Gasteiger partial charge < -0.3 is 10.0 Å². The number of aromatic nitrogens is 2. The number of hydrogen-bond acceptors (Lipinski definition) is 7. The molecule has 3 heterocycles. The second-order valence-corrected chi connectivity index (χ2v) is 8.88. The highest BCUT2D eigenvalue weighted by atomic mass is 32.1. The zero-order valence-electron chi connectivity index (χ0n) is 16.0. The topological polar surface area (TPSA) is 78.4 Å². The number of rotatable bonds is 4. The van der Waals surface area contributed by atoms with Crippen molar-refractivity contribution in [3.63, 3.8) is 0 Å². The van der Waals surface area contributed by atoms with Crippen LogP contribution < -0.4 is 10.2 Å². The van der Waals surface area contributed by atoms with Crippen LogP contribution in [-0.4, -0.2) is 27.5 Å². The van der Waals surface area contributed by atoms with Gasteiger partial charge in [-0.3, -0.25) is 10.1 Å². The molecule has 1 aliphatic heterocycles. The fraction of sp³-hybridized carbons (Fsp3) is 0.136. The minimum Gasteiger partial charge on any atom is -0.506 e. The van der Waals surface area contributed by atoms with E-state index in [-0.39, 0.29) is 11.7 Å². The maximum Gasteiger partial charge on any atom is 0.257 e. The first-order valence-electron chi connectivity index (χ1n) is 9.45. The molecule has 150 valence electrons. The smallest absolute Gasteiger partial charge is 0.257 e. The van der Waals surface area contributed by atoms with Crippen LogP contribution in [0.4, 0.5) is 10.3 Å². The second kappa shape index (κ2) is 7.55. The van der Waals surface area contributed by atoms with Gasteiger partial charge in [0.1, 0.15) is 11.5 Å². The number of aliphatic hydroxyl groups is 1. The number of aliphatic hydroxyl groups excluding tert-OH is 1. The van der Waals surface area contributed by atoms with Gasteiger partial charge in [-0.1, -0.05) is 42.2 Å². The summed E-state index contributed by atoms with van der Waals surface area (Å²) in [6.45, 7) is 4.93. The molecule has 2 N–H and O–H groups in total. The summed E-state index contributed by atoms with van der Waals surface area (Å²) < 4.78 is 1.04. The molecule has 4 aromatic rings. The summed E-state index contributed by atoms with van der Waals surface area (Å²) in [5, 5.41) is 15.7. The van der Waals surface area contributed by atoms with Crippen LogP contribution in [0.15, 0.2) is 54.4 Å². The Hall–Kier alpha value is -3.23. The van der Waals surface area contributed by atoms with Crippen molar-refractivity contribution in [2.45, 2.75) is 13.0 Å². The molecule has 2 aromatic heterocycles. The number of para-hydroxylation sites is 1. The van der Waals surface area contributed by atoms with E-state index in [9.17, 15) is 9.90 Å². The molecule has 1 aliphatic rings. The Morgan fingerprint density at radius 2 is 2.03 bits per heavy atom. The second-order valence-electron chi connectivity index (χ2n) is 7.02. The van der Waals surface area contributed by atoms with Crippen LogP contribution in [0, 0.1) is 0 Å².